The van der Waals surface area contributed by atoms with E-state index >= 15 is 0 Å². The molecule has 0 fully saturated rings. The molecule has 0 aliphatic heterocycles. The molecule has 0 bridgehead atoms. The zero-order valence-electron chi connectivity index (χ0n) is 17.4. The van der Waals surface area contributed by atoms with Gasteiger partial charge in [0.2, 0.25) is 0 Å². The van der Waals surface area contributed by atoms with Crippen molar-refractivity contribution in [3.05, 3.63) is 0 Å². The van der Waals surface area contributed by atoms with Crippen LogP contribution >= 0.6 is 0 Å². The highest BCUT2D eigenvalue weighted by atomic mass is 16.5. The number of hydrogen-bond acceptors (Lipinski definition) is 4. The predicted octanol–water partition coefficient (Wildman–Crippen LogP) is 4.41. The van der Waals surface area contributed by atoms with Crippen LogP contribution < -0.4 is 0 Å². The largest absolute Gasteiger partial charge is 0.412 e. The molecule has 0 rings (SSSR count). The molecule has 0 aliphatic carbocycles. The summed E-state index contributed by atoms with van der Waals surface area (Å²) in [6.07, 6.45) is 10.2. The van der Waals surface area contributed by atoms with Crippen LogP contribution in [0.5, 0.6) is 0 Å². The van der Waals surface area contributed by atoms with Crippen LogP contribution in [0.1, 0.15) is 79.1 Å². The number of ether oxygens (including phenoxy) is 4. The van der Waals surface area contributed by atoms with E-state index in [0.717, 1.165) is 52.9 Å². The first-order chi connectivity index (χ1) is 11.8. The van der Waals surface area contributed by atoms with Crippen molar-refractivity contribution in [1.29, 1.82) is 0 Å². The normalized spacial score (nSPS) is 10.1. The Bertz CT molecular complexity index is 151. The summed E-state index contributed by atoms with van der Waals surface area (Å²) in [6.45, 7) is 14.8. The zero-order chi connectivity index (χ0) is 18.1. The van der Waals surface area contributed by atoms with E-state index in [4.69, 9.17) is 18.9 Å². The lowest BCUT2D eigenvalue weighted by Crippen LogP contribution is -2.04. The Kier molecular flexibility index (Phi) is 37.3. The molecule has 0 saturated heterocycles. The molecular formula is C20H46O5. The SMILES string of the molecule is CCCCCCOCCOCC.CCCCCCOCCOCC.O. The van der Waals surface area contributed by atoms with Gasteiger partial charge >= 0.3 is 0 Å². The van der Waals surface area contributed by atoms with Gasteiger partial charge in [-0.2, -0.15) is 0 Å². The minimum absolute atomic E-state index is 0. The van der Waals surface area contributed by atoms with Crippen molar-refractivity contribution in [2.75, 3.05) is 52.9 Å². The summed E-state index contributed by atoms with van der Waals surface area (Å²) in [5.41, 5.74) is 0. The van der Waals surface area contributed by atoms with E-state index in [-0.39, 0.29) is 5.48 Å². The molecule has 0 unspecified atom stereocenters. The monoisotopic (exact) mass is 366 g/mol. The third-order valence-corrected chi connectivity index (χ3v) is 3.44. The average Bonchev–Trinajstić information content (AvgIpc) is 2.60. The molecule has 2 N–H and O–H groups in total. The Morgan fingerprint density at radius 3 is 1.08 bits per heavy atom. The molecule has 0 radical (unpaired) electrons. The highest BCUT2D eigenvalue weighted by Gasteiger charge is 1.90. The second kappa shape index (κ2) is 31.6. The molecule has 0 saturated carbocycles. The van der Waals surface area contributed by atoms with E-state index in [1.54, 1.807) is 0 Å². The van der Waals surface area contributed by atoms with E-state index < -0.39 is 0 Å². The first kappa shape index (κ1) is 29.6. The highest BCUT2D eigenvalue weighted by molar-refractivity contribution is 4.40. The minimum atomic E-state index is 0. The van der Waals surface area contributed by atoms with Crippen LogP contribution in [0, 0.1) is 0 Å². The van der Waals surface area contributed by atoms with Crippen molar-refractivity contribution in [2.45, 2.75) is 79.1 Å². The lowest BCUT2D eigenvalue weighted by Gasteiger charge is -2.03. The molecule has 0 atom stereocenters. The van der Waals surface area contributed by atoms with Crippen molar-refractivity contribution in [3.8, 4) is 0 Å². The lowest BCUT2D eigenvalue weighted by molar-refractivity contribution is 0.0513. The summed E-state index contributed by atoms with van der Waals surface area (Å²) in [4.78, 5) is 0. The van der Waals surface area contributed by atoms with Gasteiger partial charge in [0.25, 0.3) is 0 Å². The standard InChI is InChI=1S/2C10H22O2.H2O/c2*1-3-5-6-7-8-12-10-9-11-4-2;/h2*3-10H2,1-2H3;1H2. The van der Waals surface area contributed by atoms with Gasteiger partial charge in [-0.3, -0.25) is 0 Å². The van der Waals surface area contributed by atoms with Crippen LogP contribution in [0.15, 0.2) is 0 Å². The summed E-state index contributed by atoms with van der Waals surface area (Å²) in [5, 5.41) is 0. The average molecular weight is 367 g/mol. The fourth-order valence-electron chi connectivity index (χ4n) is 1.99. The molecule has 0 aromatic heterocycles. The smallest absolute Gasteiger partial charge is 0.0700 e. The molecule has 156 valence electrons. The van der Waals surface area contributed by atoms with Gasteiger partial charge in [0.1, 0.15) is 0 Å². The van der Waals surface area contributed by atoms with Crippen LogP contribution in [0.25, 0.3) is 0 Å². The van der Waals surface area contributed by atoms with Gasteiger partial charge in [0.05, 0.1) is 26.4 Å². The molecule has 0 spiro atoms. The Balaban J connectivity index is -0.000000372. The quantitative estimate of drug-likeness (QED) is 0.337. The molecule has 25 heavy (non-hydrogen) atoms. The maximum Gasteiger partial charge on any atom is 0.0700 e. The summed E-state index contributed by atoms with van der Waals surface area (Å²) >= 11 is 0. The first-order valence-electron chi connectivity index (χ1n) is 10.1. The summed E-state index contributed by atoms with van der Waals surface area (Å²) in [5.74, 6) is 0. The Hall–Kier alpha value is -0.200. The molecular weight excluding hydrogens is 320 g/mol. The van der Waals surface area contributed by atoms with Gasteiger partial charge in [0, 0.05) is 26.4 Å². The molecule has 0 heterocycles. The van der Waals surface area contributed by atoms with E-state index in [9.17, 15) is 0 Å². The summed E-state index contributed by atoms with van der Waals surface area (Å²) in [6, 6.07) is 0. The maximum atomic E-state index is 5.36. The van der Waals surface area contributed by atoms with Crippen molar-refractivity contribution in [3.63, 3.8) is 0 Å². The number of hydrogen-bond donors (Lipinski definition) is 0. The molecule has 0 aliphatic rings. The number of unbranched alkanes of at least 4 members (excludes halogenated alkanes) is 6. The van der Waals surface area contributed by atoms with Crippen molar-refractivity contribution in [2.24, 2.45) is 0 Å². The zero-order valence-corrected chi connectivity index (χ0v) is 17.4. The van der Waals surface area contributed by atoms with Gasteiger partial charge in [0.15, 0.2) is 0 Å². The van der Waals surface area contributed by atoms with Crippen LogP contribution in [-0.2, 0) is 18.9 Å². The van der Waals surface area contributed by atoms with Crippen LogP contribution in [-0.4, -0.2) is 58.3 Å². The lowest BCUT2D eigenvalue weighted by atomic mass is 10.2. The maximum absolute atomic E-state index is 5.36. The van der Waals surface area contributed by atoms with E-state index in [1.807, 2.05) is 13.8 Å². The second-order valence-corrected chi connectivity index (χ2v) is 5.74. The first-order valence-corrected chi connectivity index (χ1v) is 10.1. The van der Waals surface area contributed by atoms with Crippen molar-refractivity contribution >= 4 is 0 Å². The van der Waals surface area contributed by atoms with Crippen LogP contribution in [0.3, 0.4) is 0 Å². The Morgan fingerprint density at radius 2 is 0.760 bits per heavy atom. The summed E-state index contributed by atoms with van der Waals surface area (Å²) in [7, 11) is 0. The van der Waals surface area contributed by atoms with Gasteiger partial charge in [-0.15, -0.1) is 0 Å². The molecule has 5 heteroatoms. The van der Waals surface area contributed by atoms with Crippen LogP contribution in [0.4, 0.5) is 0 Å². The number of rotatable bonds is 18. The molecule has 0 amide bonds. The van der Waals surface area contributed by atoms with Gasteiger partial charge < -0.3 is 24.4 Å². The van der Waals surface area contributed by atoms with E-state index in [2.05, 4.69) is 13.8 Å². The second-order valence-electron chi connectivity index (χ2n) is 5.74. The van der Waals surface area contributed by atoms with Gasteiger partial charge in [-0.25, -0.2) is 0 Å². The van der Waals surface area contributed by atoms with Gasteiger partial charge in [-0.1, -0.05) is 52.4 Å². The summed E-state index contributed by atoms with van der Waals surface area (Å²) < 4.78 is 21.0. The van der Waals surface area contributed by atoms with Gasteiger partial charge in [-0.05, 0) is 26.7 Å². The van der Waals surface area contributed by atoms with Crippen molar-refractivity contribution in [1.82, 2.24) is 0 Å². The Labute approximate surface area is 157 Å². The Morgan fingerprint density at radius 1 is 0.400 bits per heavy atom. The predicted molar refractivity (Wildman–Crippen MR) is 107 cm³/mol. The topological polar surface area (TPSA) is 68.4 Å². The van der Waals surface area contributed by atoms with E-state index in [0.29, 0.717) is 0 Å². The molecule has 0 aromatic carbocycles. The third kappa shape index (κ3) is 35.7. The minimum Gasteiger partial charge on any atom is -0.412 e. The van der Waals surface area contributed by atoms with E-state index in [1.165, 1.54) is 51.4 Å². The fourth-order valence-corrected chi connectivity index (χ4v) is 1.99. The molecule has 0 aromatic rings. The molecule has 5 nitrogen and oxygen atoms in total. The fraction of sp³-hybridized carbons (Fsp3) is 1.00. The van der Waals surface area contributed by atoms with Crippen molar-refractivity contribution < 1.29 is 24.4 Å². The van der Waals surface area contributed by atoms with Crippen LogP contribution in [0.2, 0.25) is 0 Å². The third-order valence-electron chi connectivity index (χ3n) is 3.44. The highest BCUT2D eigenvalue weighted by Crippen LogP contribution is 1.99.